The van der Waals surface area contributed by atoms with E-state index in [-0.39, 0.29) is 17.7 Å². The highest BCUT2D eigenvalue weighted by Crippen LogP contribution is 2.29. The molecular formula is C16H18N2O3. The molecule has 0 bridgehead atoms. The van der Waals surface area contributed by atoms with E-state index in [4.69, 9.17) is 5.26 Å². The van der Waals surface area contributed by atoms with E-state index in [9.17, 15) is 14.7 Å². The maximum absolute atomic E-state index is 12.1. The van der Waals surface area contributed by atoms with Crippen molar-refractivity contribution in [2.75, 3.05) is 6.54 Å². The van der Waals surface area contributed by atoms with Crippen LogP contribution in [0.25, 0.3) is 0 Å². The lowest BCUT2D eigenvalue weighted by molar-refractivity contribution is -0.144. The third kappa shape index (κ3) is 3.82. The Morgan fingerprint density at radius 1 is 1.33 bits per heavy atom. The van der Waals surface area contributed by atoms with Crippen molar-refractivity contribution in [3.05, 3.63) is 35.4 Å². The molecule has 0 spiro atoms. The molecule has 1 saturated carbocycles. The van der Waals surface area contributed by atoms with E-state index in [1.807, 2.05) is 6.07 Å². The number of hydrogen-bond acceptors (Lipinski definition) is 3. The Balaban J connectivity index is 1.96. The molecule has 0 radical (unpaired) electrons. The van der Waals surface area contributed by atoms with Crippen molar-refractivity contribution in [1.82, 2.24) is 5.32 Å². The first-order valence-electron chi connectivity index (χ1n) is 7.13. The number of rotatable bonds is 4. The zero-order valence-corrected chi connectivity index (χ0v) is 11.7. The van der Waals surface area contributed by atoms with Gasteiger partial charge in [-0.3, -0.25) is 9.59 Å². The number of carboxylic acids is 1. The Labute approximate surface area is 123 Å². The number of carboxylic acid groups (broad SMARTS) is 1. The fraction of sp³-hybridized carbons (Fsp3) is 0.438. The van der Waals surface area contributed by atoms with Gasteiger partial charge in [-0.2, -0.15) is 5.26 Å². The summed E-state index contributed by atoms with van der Waals surface area (Å²) >= 11 is 0. The van der Waals surface area contributed by atoms with E-state index in [2.05, 4.69) is 5.32 Å². The minimum atomic E-state index is -0.777. The summed E-state index contributed by atoms with van der Waals surface area (Å²) in [6, 6.07) is 8.47. The average Bonchev–Trinajstić information content (AvgIpc) is 2.52. The summed E-state index contributed by atoms with van der Waals surface area (Å²) in [5.74, 6) is -1.42. The van der Waals surface area contributed by atoms with Crippen molar-refractivity contribution in [2.24, 2.45) is 11.8 Å². The predicted molar refractivity (Wildman–Crippen MR) is 76.6 cm³/mol. The van der Waals surface area contributed by atoms with Gasteiger partial charge in [0.25, 0.3) is 5.91 Å². The second-order valence-electron chi connectivity index (χ2n) is 5.39. The number of carbonyl (C=O) groups is 2. The molecule has 0 aliphatic heterocycles. The Bertz CT molecular complexity index is 577. The lowest BCUT2D eigenvalue weighted by Gasteiger charge is -2.28. The molecule has 110 valence electrons. The molecule has 2 atom stereocenters. The highest BCUT2D eigenvalue weighted by Gasteiger charge is 2.30. The smallest absolute Gasteiger partial charge is 0.306 e. The number of hydrogen-bond donors (Lipinski definition) is 2. The molecule has 1 aromatic rings. The molecule has 5 nitrogen and oxygen atoms in total. The maximum Gasteiger partial charge on any atom is 0.306 e. The van der Waals surface area contributed by atoms with Gasteiger partial charge in [0.15, 0.2) is 0 Å². The van der Waals surface area contributed by atoms with Gasteiger partial charge in [0.05, 0.1) is 17.6 Å². The highest BCUT2D eigenvalue weighted by atomic mass is 16.4. The lowest BCUT2D eigenvalue weighted by atomic mass is 9.79. The fourth-order valence-electron chi connectivity index (χ4n) is 2.83. The molecule has 5 heteroatoms. The zero-order valence-electron chi connectivity index (χ0n) is 11.7. The molecule has 0 heterocycles. The van der Waals surface area contributed by atoms with Crippen molar-refractivity contribution in [3.63, 3.8) is 0 Å². The van der Waals surface area contributed by atoms with Crippen LogP contribution in [0.1, 0.15) is 41.6 Å². The van der Waals surface area contributed by atoms with Gasteiger partial charge >= 0.3 is 5.97 Å². The van der Waals surface area contributed by atoms with E-state index < -0.39 is 5.97 Å². The van der Waals surface area contributed by atoms with Crippen molar-refractivity contribution in [1.29, 1.82) is 5.26 Å². The van der Waals surface area contributed by atoms with Crippen molar-refractivity contribution in [3.8, 4) is 6.07 Å². The summed E-state index contributed by atoms with van der Waals surface area (Å²) in [5.41, 5.74) is 0.862. The molecule has 2 rings (SSSR count). The monoisotopic (exact) mass is 286 g/mol. The minimum Gasteiger partial charge on any atom is -0.481 e. The zero-order chi connectivity index (χ0) is 15.2. The van der Waals surface area contributed by atoms with Gasteiger partial charge < -0.3 is 10.4 Å². The molecule has 2 N–H and O–H groups in total. The van der Waals surface area contributed by atoms with Gasteiger partial charge in [0, 0.05) is 12.1 Å². The molecule has 1 fully saturated rings. The second-order valence-corrected chi connectivity index (χ2v) is 5.39. The topological polar surface area (TPSA) is 90.2 Å². The third-order valence-electron chi connectivity index (χ3n) is 4.00. The molecule has 0 saturated heterocycles. The van der Waals surface area contributed by atoms with Crippen LogP contribution in [0.2, 0.25) is 0 Å². The number of nitrogens with zero attached hydrogens (tertiary/aromatic N) is 1. The number of nitriles is 1. The minimum absolute atomic E-state index is 0.0145. The summed E-state index contributed by atoms with van der Waals surface area (Å²) in [4.78, 5) is 23.3. The van der Waals surface area contributed by atoms with Crippen LogP contribution in [-0.4, -0.2) is 23.5 Å². The number of amides is 1. The summed E-state index contributed by atoms with van der Waals surface area (Å²) in [6.45, 7) is 0.368. The highest BCUT2D eigenvalue weighted by molar-refractivity contribution is 5.94. The fourth-order valence-corrected chi connectivity index (χ4v) is 2.83. The standard InChI is InChI=1S/C16H18N2O3/c17-9-11-4-3-6-12(8-11)15(19)18-10-13-5-1-2-7-14(13)16(20)21/h3-4,6,8,13-14H,1-2,5,7,10H2,(H,18,19)(H,20,21)/t13-,14-/m0/s1. The summed E-state index contributed by atoms with van der Waals surface area (Å²) in [6.07, 6.45) is 3.45. The van der Waals surface area contributed by atoms with Crippen LogP contribution in [0, 0.1) is 23.2 Å². The van der Waals surface area contributed by atoms with Crippen LogP contribution in [0.4, 0.5) is 0 Å². The Hall–Kier alpha value is -2.35. The second kappa shape index (κ2) is 6.89. The predicted octanol–water partition coefficient (Wildman–Crippen LogP) is 2.18. The Kier molecular flexibility index (Phi) is 4.94. The van der Waals surface area contributed by atoms with Gasteiger partial charge in [-0.1, -0.05) is 18.9 Å². The maximum atomic E-state index is 12.1. The number of aliphatic carboxylic acids is 1. The Morgan fingerprint density at radius 3 is 2.81 bits per heavy atom. The van der Waals surface area contributed by atoms with Crippen molar-refractivity contribution in [2.45, 2.75) is 25.7 Å². The quantitative estimate of drug-likeness (QED) is 0.887. The van der Waals surface area contributed by atoms with Gasteiger partial charge in [-0.05, 0) is 37.0 Å². The molecule has 0 aromatic heterocycles. The summed E-state index contributed by atoms with van der Waals surface area (Å²) in [5, 5.41) is 20.8. The molecule has 1 amide bonds. The van der Waals surface area contributed by atoms with Crippen molar-refractivity contribution < 1.29 is 14.7 Å². The van der Waals surface area contributed by atoms with E-state index in [1.165, 1.54) is 6.07 Å². The van der Waals surface area contributed by atoms with Crippen LogP contribution in [0.3, 0.4) is 0 Å². The first kappa shape index (κ1) is 15.0. The Morgan fingerprint density at radius 2 is 2.10 bits per heavy atom. The molecule has 0 unspecified atom stereocenters. The van der Waals surface area contributed by atoms with E-state index in [1.54, 1.807) is 18.2 Å². The number of benzene rings is 1. The lowest BCUT2D eigenvalue weighted by Crippen LogP contribution is -2.37. The van der Waals surface area contributed by atoms with E-state index in [0.29, 0.717) is 24.1 Å². The van der Waals surface area contributed by atoms with Crippen LogP contribution < -0.4 is 5.32 Å². The van der Waals surface area contributed by atoms with Crippen LogP contribution in [-0.2, 0) is 4.79 Å². The molecular weight excluding hydrogens is 268 g/mol. The number of nitrogens with one attached hydrogen (secondary N) is 1. The first-order chi connectivity index (χ1) is 10.1. The van der Waals surface area contributed by atoms with Crippen LogP contribution in [0.5, 0.6) is 0 Å². The first-order valence-corrected chi connectivity index (χ1v) is 7.13. The van der Waals surface area contributed by atoms with E-state index >= 15 is 0 Å². The molecule has 21 heavy (non-hydrogen) atoms. The summed E-state index contributed by atoms with van der Waals surface area (Å²) < 4.78 is 0. The third-order valence-corrected chi connectivity index (χ3v) is 4.00. The van der Waals surface area contributed by atoms with Gasteiger partial charge in [-0.25, -0.2) is 0 Å². The van der Waals surface area contributed by atoms with Crippen LogP contribution in [0.15, 0.2) is 24.3 Å². The number of carbonyl (C=O) groups excluding carboxylic acids is 1. The normalized spacial score (nSPS) is 21.3. The van der Waals surface area contributed by atoms with Crippen molar-refractivity contribution >= 4 is 11.9 Å². The van der Waals surface area contributed by atoms with Gasteiger partial charge in [0.2, 0.25) is 0 Å². The van der Waals surface area contributed by atoms with E-state index in [0.717, 1.165) is 19.3 Å². The van der Waals surface area contributed by atoms with Gasteiger partial charge in [0.1, 0.15) is 0 Å². The summed E-state index contributed by atoms with van der Waals surface area (Å²) in [7, 11) is 0. The van der Waals surface area contributed by atoms with Crippen LogP contribution >= 0.6 is 0 Å². The largest absolute Gasteiger partial charge is 0.481 e. The molecule has 1 aliphatic carbocycles. The average molecular weight is 286 g/mol. The molecule has 1 aromatic carbocycles. The van der Waals surface area contributed by atoms with Gasteiger partial charge in [-0.15, -0.1) is 0 Å². The molecule has 1 aliphatic rings. The SMILES string of the molecule is N#Cc1cccc(C(=O)NC[C@@H]2CCCC[C@@H]2C(=O)O)c1.